The van der Waals surface area contributed by atoms with Gasteiger partial charge in [-0.1, -0.05) is 0 Å². The lowest BCUT2D eigenvalue weighted by Crippen LogP contribution is -2.25. The molecule has 2 rings (SSSR count). The molecule has 7 nitrogen and oxygen atoms in total. The summed E-state index contributed by atoms with van der Waals surface area (Å²) in [6, 6.07) is 0. The van der Waals surface area contributed by atoms with E-state index in [-0.39, 0.29) is 0 Å². The van der Waals surface area contributed by atoms with Crippen molar-refractivity contribution in [3.05, 3.63) is 12.2 Å². The van der Waals surface area contributed by atoms with Gasteiger partial charge >= 0.3 is 0 Å². The van der Waals surface area contributed by atoms with Crippen LogP contribution in [0.1, 0.15) is 19.2 Å². The first-order valence-corrected chi connectivity index (χ1v) is 4.22. The molecule has 1 aliphatic rings. The normalized spacial score (nSPS) is 27.0. The third-order valence-corrected chi connectivity index (χ3v) is 1.92. The van der Waals surface area contributed by atoms with Crippen LogP contribution < -0.4 is 0 Å². The quantitative estimate of drug-likeness (QED) is 0.720. The molecule has 0 aliphatic carbocycles. The van der Waals surface area contributed by atoms with Crippen molar-refractivity contribution in [3.8, 4) is 0 Å². The number of aliphatic hydroxyl groups is 1. The number of aromatic nitrogens is 3. The molecular formula is C7H10N6O. The zero-order valence-corrected chi connectivity index (χ0v) is 7.62. The second-order valence-corrected chi connectivity index (χ2v) is 3.16. The van der Waals surface area contributed by atoms with E-state index in [2.05, 4.69) is 30.4 Å². The highest BCUT2D eigenvalue weighted by molar-refractivity contribution is 5.57. The van der Waals surface area contributed by atoms with Crippen molar-refractivity contribution >= 4 is 6.34 Å². The van der Waals surface area contributed by atoms with E-state index >= 15 is 0 Å². The molecule has 2 atom stereocenters. The van der Waals surface area contributed by atoms with Crippen LogP contribution in [0.4, 0.5) is 0 Å². The maximum absolute atomic E-state index is 9.34. The number of aromatic amines is 1. The zero-order chi connectivity index (χ0) is 10.0. The fraction of sp³-hybridized carbons (Fsp3) is 0.571. The monoisotopic (exact) mass is 194 g/mol. The average Bonchev–Trinajstić information content (AvgIpc) is 2.69. The summed E-state index contributed by atoms with van der Waals surface area (Å²) in [6.45, 7) is 1.67. The Balaban J connectivity index is 2.33. The van der Waals surface area contributed by atoms with E-state index in [4.69, 9.17) is 0 Å². The molecule has 0 bridgehead atoms. The van der Waals surface area contributed by atoms with Crippen LogP contribution >= 0.6 is 0 Å². The Morgan fingerprint density at radius 2 is 2.50 bits per heavy atom. The summed E-state index contributed by atoms with van der Waals surface area (Å²) in [7, 11) is 0. The maximum Gasteiger partial charge on any atom is 0.233 e. The zero-order valence-electron chi connectivity index (χ0n) is 7.62. The first-order valence-electron chi connectivity index (χ1n) is 4.22. The van der Waals surface area contributed by atoms with Gasteiger partial charge in [-0.2, -0.15) is 5.10 Å². The molecule has 74 valence electrons. The van der Waals surface area contributed by atoms with Crippen LogP contribution in [-0.2, 0) is 5.66 Å². The molecule has 0 radical (unpaired) electrons. The molecule has 2 unspecified atom stereocenters. The number of rotatable bonds is 3. The van der Waals surface area contributed by atoms with Gasteiger partial charge in [0.15, 0.2) is 5.82 Å². The number of azo groups is 1. The van der Waals surface area contributed by atoms with Crippen LogP contribution in [-0.4, -0.2) is 32.7 Å². The molecular weight excluding hydrogens is 184 g/mol. The third kappa shape index (κ3) is 1.41. The van der Waals surface area contributed by atoms with Gasteiger partial charge in [0.2, 0.25) is 5.66 Å². The van der Waals surface area contributed by atoms with E-state index in [1.807, 2.05) is 0 Å². The van der Waals surface area contributed by atoms with E-state index in [0.717, 1.165) is 0 Å². The molecule has 14 heavy (non-hydrogen) atoms. The van der Waals surface area contributed by atoms with Crippen molar-refractivity contribution in [2.45, 2.75) is 25.1 Å². The van der Waals surface area contributed by atoms with E-state index < -0.39 is 11.8 Å². The standard InChI is InChI=1S/C7H10N6O/c1-5(14)2-7(9-4-11-13-7)6-8-3-10-12-6/h3-5,14H,2H2,1H3,(H,8,10,12). The molecule has 1 aliphatic heterocycles. The third-order valence-electron chi connectivity index (χ3n) is 1.92. The van der Waals surface area contributed by atoms with Crippen molar-refractivity contribution in [3.63, 3.8) is 0 Å². The number of nitrogens with zero attached hydrogens (tertiary/aromatic N) is 5. The maximum atomic E-state index is 9.34. The van der Waals surface area contributed by atoms with Crippen molar-refractivity contribution in [2.75, 3.05) is 0 Å². The molecule has 0 aromatic carbocycles. The highest BCUT2D eigenvalue weighted by Crippen LogP contribution is 2.32. The fourth-order valence-electron chi connectivity index (χ4n) is 1.38. The topological polar surface area (TPSA) is 98.9 Å². The predicted molar refractivity (Wildman–Crippen MR) is 47.7 cm³/mol. The minimum atomic E-state index is -0.912. The number of H-pyrrole nitrogens is 1. The van der Waals surface area contributed by atoms with Crippen LogP contribution in [0.15, 0.2) is 21.5 Å². The van der Waals surface area contributed by atoms with Gasteiger partial charge < -0.3 is 5.11 Å². The first kappa shape index (κ1) is 8.95. The number of aliphatic imine (C=N–C) groups is 1. The lowest BCUT2D eigenvalue weighted by atomic mass is 10.0. The Morgan fingerprint density at radius 3 is 3.00 bits per heavy atom. The van der Waals surface area contributed by atoms with Gasteiger partial charge in [-0.15, -0.1) is 10.2 Å². The Bertz CT molecular complexity index is 342. The minimum absolute atomic E-state index is 0.336. The van der Waals surface area contributed by atoms with Gasteiger partial charge in [0, 0.05) is 6.42 Å². The Labute approximate surface area is 80.0 Å². The van der Waals surface area contributed by atoms with Crippen LogP contribution in [0.2, 0.25) is 0 Å². The van der Waals surface area contributed by atoms with E-state index in [9.17, 15) is 5.11 Å². The molecule has 0 amide bonds. The van der Waals surface area contributed by atoms with Crippen molar-refractivity contribution in [1.29, 1.82) is 0 Å². The molecule has 2 heterocycles. The molecule has 0 spiro atoms. The Kier molecular flexibility index (Phi) is 2.08. The minimum Gasteiger partial charge on any atom is -0.393 e. The predicted octanol–water partition coefficient (Wildman–Crippen LogP) is 0.222. The molecule has 0 saturated carbocycles. The van der Waals surface area contributed by atoms with E-state index in [1.165, 1.54) is 12.7 Å². The molecule has 1 aromatic rings. The summed E-state index contributed by atoms with van der Waals surface area (Å²) in [6.07, 6.45) is 2.53. The molecule has 2 N–H and O–H groups in total. The smallest absolute Gasteiger partial charge is 0.233 e. The average molecular weight is 194 g/mol. The number of hydrogen-bond acceptors (Lipinski definition) is 6. The summed E-state index contributed by atoms with van der Waals surface area (Å²) in [5.41, 5.74) is -0.912. The van der Waals surface area contributed by atoms with E-state index in [0.29, 0.717) is 12.2 Å². The second kappa shape index (κ2) is 3.26. The van der Waals surface area contributed by atoms with Gasteiger partial charge in [0.25, 0.3) is 0 Å². The van der Waals surface area contributed by atoms with Crippen molar-refractivity contribution in [1.82, 2.24) is 15.2 Å². The summed E-state index contributed by atoms with van der Waals surface area (Å²) < 4.78 is 0. The lowest BCUT2D eigenvalue weighted by molar-refractivity contribution is 0.148. The van der Waals surface area contributed by atoms with Crippen LogP contribution in [0.3, 0.4) is 0 Å². The van der Waals surface area contributed by atoms with Crippen molar-refractivity contribution in [2.24, 2.45) is 15.2 Å². The Morgan fingerprint density at radius 1 is 1.64 bits per heavy atom. The van der Waals surface area contributed by atoms with Crippen LogP contribution in [0.5, 0.6) is 0 Å². The number of nitrogens with one attached hydrogen (secondary N) is 1. The summed E-state index contributed by atoms with van der Waals surface area (Å²) in [5, 5.41) is 23.4. The summed E-state index contributed by atoms with van der Waals surface area (Å²) in [4.78, 5) is 8.08. The second-order valence-electron chi connectivity index (χ2n) is 3.16. The summed E-state index contributed by atoms with van der Waals surface area (Å²) >= 11 is 0. The molecule has 7 heteroatoms. The highest BCUT2D eigenvalue weighted by atomic mass is 16.3. The number of aliphatic hydroxyl groups excluding tert-OH is 1. The van der Waals surface area contributed by atoms with Gasteiger partial charge in [-0.05, 0) is 6.92 Å². The summed E-state index contributed by atoms with van der Waals surface area (Å²) in [5.74, 6) is 0.496. The van der Waals surface area contributed by atoms with Gasteiger partial charge in [-0.25, -0.2) is 9.98 Å². The number of hydrogen-bond donors (Lipinski definition) is 2. The largest absolute Gasteiger partial charge is 0.393 e. The fourth-order valence-corrected chi connectivity index (χ4v) is 1.38. The lowest BCUT2D eigenvalue weighted by Gasteiger charge is -2.19. The van der Waals surface area contributed by atoms with Gasteiger partial charge in [-0.3, -0.25) is 5.10 Å². The molecule has 0 saturated heterocycles. The molecule has 0 fully saturated rings. The molecule has 1 aromatic heterocycles. The first-order chi connectivity index (χ1) is 6.73. The van der Waals surface area contributed by atoms with E-state index in [1.54, 1.807) is 6.92 Å². The van der Waals surface area contributed by atoms with Crippen molar-refractivity contribution < 1.29 is 5.11 Å². The Hall–Kier alpha value is -1.63. The van der Waals surface area contributed by atoms with Crippen LogP contribution in [0, 0.1) is 0 Å². The van der Waals surface area contributed by atoms with Gasteiger partial charge in [0.05, 0.1) is 6.10 Å². The van der Waals surface area contributed by atoms with Gasteiger partial charge in [0.1, 0.15) is 12.7 Å². The SMILES string of the molecule is CC(O)CC1(c2ncn[nH]2)N=CN=N1. The van der Waals surface area contributed by atoms with Crippen LogP contribution in [0.25, 0.3) is 0 Å². The highest BCUT2D eigenvalue weighted by Gasteiger charge is 2.38.